The molecule has 74 valence electrons. The molecule has 0 heterocycles. The molecule has 1 unspecified atom stereocenters. The Balaban J connectivity index is 3.57. The van der Waals surface area contributed by atoms with Crippen LogP contribution in [0.1, 0.15) is 6.92 Å². The number of nitrogens with two attached hydrogens (primary N) is 1. The lowest BCUT2D eigenvalue weighted by Crippen LogP contribution is -2.45. The average Bonchev–Trinajstić information content (AvgIpc) is 1.84. The zero-order valence-corrected chi connectivity index (χ0v) is 6.69. The minimum absolute atomic E-state index is 0.316. The lowest BCUT2D eigenvalue weighted by Gasteiger charge is -2.21. The van der Waals surface area contributed by atoms with Gasteiger partial charge in [0.15, 0.2) is 0 Å². The van der Waals surface area contributed by atoms with E-state index in [1.807, 2.05) is 0 Å². The SMILES string of the molecule is CC(N)(CO)COCC(F)(F)F. The average molecular weight is 187 g/mol. The predicted octanol–water partition coefficient (Wildman–Crippen LogP) is 0.275. The third-order valence-electron chi connectivity index (χ3n) is 1.06. The Bertz CT molecular complexity index is 135. The third-order valence-corrected chi connectivity index (χ3v) is 1.06. The summed E-state index contributed by atoms with van der Waals surface area (Å²) in [5.74, 6) is 0. The van der Waals surface area contributed by atoms with Gasteiger partial charge in [-0.1, -0.05) is 0 Å². The van der Waals surface area contributed by atoms with Gasteiger partial charge in [-0.3, -0.25) is 0 Å². The number of hydrogen-bond donors (Lipinski definition) is 2. The Hall–Kier alpha value is -0.330. The molecule has 6 heteroatoms. The highest BCUT2D eigenvalue weighted by Crippen LogP contribution is 2.15. The highest BCUT2D eigenvalue weighted by atomic mass is 19.4. The molecule has 0 rings (SSSR count). The Morgan fingerprint density at radius 2 is 1.83 bits per heavy atom. The van der Waals surface area contributed by atoms with E-state index >= 15 is 0 Å². The number of halogens is 3. The van der Waals surface area contributed by atoms with Crippen molar-refractivity contribution in [2.45, 2.75) is 18.6 Å². The van der Waals surface area contributed by atoms with Crippen molar-refractivity contribution in [3.8, 4) is 0 Å². The summed E-state index contributed by atoms with van der Waals surface area (Å²) in [4.78, 5) is 0. The molecule has 0 fully saturated rings. The molecule has 3 nitrogen and oxygen atoms in total. The highest BCUT2D eigenvalue weighted by molar-refractivity contribution is 4.76. The fraction of sp³-hybridized carbons (Fsp3) is 1.00. The topological polar surface area (TPSA) is 55.5 Å². The second-order valence-corrected chi connectivity index (χ2v) is 2.92. The molecule has 12 heavy (non-hydrogen) atoms. The van der Waals surface area contributed by atoms with Crippen LogP contribution in [-0.2, 0) is 4.74 Å². The van der Waals surface area contributed by atoms with Crippen LogP contribution in [0, 0.1) is 0 Å². The van der Waals surface area contributed by atoms with Gasteiger partial charge in [0.05, 0.1) is 18.8 Å². The van der Waals surface area contributed by atoms with Gasteiger partial charge in [0.2, 0.25) is 0 Å². The molecule has 0 saturated carbocycles. The Kier molecular flexibility index (Phi) is 3.95. The van der Waals surface area contributed by atoms with E-state index in [9.17, 15) is 13.2 Å². The van der Waals surface area contributed by atoms with E-state index in [1.54, 1.807) is 0 Å². The summed E-state index contributed by atoms with van der Waals surface area (Å²) in [6.07, 6.45) is -4.34. The summed E-state index contributed by atoms with van der Waals surface area (Å²) in [6.45, 7) is -0.656. The quantitative estimate of drug-likeness (QED) is 0.664. The van der Waals surface area contributed by atoms with Crippen LogP contribution in [-0.4, -0.2) is 36.6 Å². The molecule has 3 N–H and O–H groups in total. The second kappa shape index (κ2) is 4.06. The maximum atomic E-state index is 11.5. The number of aliphatic hydroxyl groups excluding tert-OH is 1. The molecule has 0 radical (unpaired) electrons. The van der Waals surface area contributed by atoms with Crippen LogP contribution in [0.5, 0.6) is 0 Å². The van der Waals surface area contributed by atoms with Gasteiger partial charge in [-0.15, -0.1) is 0 Å². The van der Waals surface area contributed by atoms with Crippen LogP contribution >= 0.6 is 0 Å². The van der Waals surface area contributed by atoms with Crippen molar-refractivity contribution in [2.75, 3.05) is 19.8 Å². The molecule has 0 aromatic carbocycles. The van der Waals surface area contributed by atoms with Gasteiger partial charge >= 0.3 is 6.18 Å². The Morgan fingerprint density at radius 1 is 1.33 bits per heavy atom. The molecule has 0 spiro atoms. The third kappa shape index (κ3) is 6.38. The summed E-state index contributed by atoms with van der Waals surface area (Å²) >= 11 is 0. The van der Waals surface area contributed by atoms with E-state index < -0.39 is 24.9 Å². The van der Waals surface area contributed by atoms with Crippen LogP contribution in [0.3, 0.4) is 0 Å². The highest BCUT2D eigenvalue weighted by Gasteiger charge is 2.29. The van der Waals surface area contributed by atoms with E-state index in [4.69, 9.17) is 10.8 Å². The first-order chi connectivity index (χ1) is 5.27. The number of alkyl halides is 3. The number of ether oxygens (including phenoxy) is 1. The normalized spacial score (nSPS) is 17.5. The first-order valence-corrected chi connectivity index (χ1v) is 3.31. The van der Waals surface area contributed by atoms with Gasteiger partial charge in [0.1, 0.15) is 6.61 Å². The van der Waals surface area contributed by atoms with Crippen molar-refractivity contribution in [2.24, 2.45) is 5.73 Å². The lowest BCUT2D eigenvalue weighted by molar-refractivity contribution is -0.177. The summed E-state index contributed by atoms with van der Waals surface area (Å²) in [7, 11) is 0. The Morgan fingerprint density at radius 3 is 2.17 bits per heavy atom. The van der Waals surface area contributed by atoms with Crippen LogP contribution in [0.2, 0.25) is 0 Å². The molecule has 0 aromatic heterocycles. The molecule has 0 aliphatic carbocycles. The fourth-order valence-electron chi connectivity index (χ4n) is 0.446. The second-order valence-electron chi connectivity index (χ2n) is 2.92. The molecule has 0 bridgehead atoms. The van der Waals surface area contributed by atoms with E-state index in [-0.39, 0.29) is 6.61 Å². The van der Waals surface area contributed by atoms with Crippen molar-refractivity contribution in [3.63, 3.8) is 0 Å². The molecule has 0 amide bonds. The lowest BCUT2D eigenvalue weighted by atomic mass is 10.1. The van der Waals surface area contributed by atoms with E-state index in [1.165, 1.54) is 6.92 Å². The van der Waals surface area contributed by atoms with Crippen molar-refractivity contribution >= 4 is 0 Å². The molecular formula is C6H12F3NO2. The summed E-state index contributed by atoms with van der Waals surface area (Å²) in [6, 6.07) is 0. The van der Waals surface area contributed by atoms with Crippen molar-refractivity contribution < 1.29 is 23.0 Å². The zero-order valence-electron chi connectivity index (χ0n) is 6.69. The van der Waals surface area contributed by atoms with Crippen LogP contribution in [0.4, 0.5) is 13.2 Å². The standard InChI is InChI=1S/C6H12F3NO2/c1-5(10,2-11)3-12-4-6(7,8)9/h11H,2-4,10H2,1H3. The smallest absolute Gasteiger partial charge is 0.394 e. The maximum absolute atomic E-state index is 11.5. The molecule has 1 atom stereocenters. The minimum atomic E-state index is -4.34. The van der Waals surface area contributed by atoms with Gasteiger partial charge in [-0.2, -0.15) is 13.2 Å². The van der Waals surface area contributed by atoms with Crippen LogP contribution in [0.15, 0.2) is 0 Å². The van der Waals surface area contributed by atoms with Crippen LogP contribution < -0.4 is 5.73 Å². The molecule has 0 aliphatic heterocycles. The van der Waals surface area contributed by atoms with Gasteiger partial charge in [-0.25, -0.2) is 0 Å². The molecular weight excluding hydrogens is 175 g/mol. The van der Waals surface area contributed by atoms with Crippen molar-refractivity contribution in [1.82, 2.24) is 0 Å². The summed E-state index contributed by atoms with van der Waals surface area (Å²) < 4.78 is 38.8. The molecule has 0 saturated heterocycles. The minimum Gasteiger partial charge on any atom is -0.394 e. The predicted molar refractivity (Wildman–Crippen MR) is 36.6 cm³/mol. The van der Waals surface area contributed by atoms with Crippen molar-refractivity contribution in [3.05, 3.63) is 0 Å². The zero-order chi connectivity index (χ0) is 9.83. The van der Waals surface area contributed by atoms with Crippen molar-refractivity contribution in [1.29, 1.82) is 0 Å². The van der Waals surface area contributed by atoms with E-state index in [0.717, 1.165) is 0 Å². The summed E-state index contributed by atoms with van der Waals surface area (Å²) in [5, 5.41) is 8.54. The molecule has 0 aliphatic rings. The number of aliphatic hydroxyl groups is 1. The summed E-state index contributed by atoms with van der Waals surface area (Å²) in [5.41, 5.74) is 4.20. The number of rotatable bonds is 4. The van der Waals surface area contributed by atoms with Crippen LogP contribution in [0.25, 0.3) is 0 Å². The van der Waals surface area contributed by atoms with E-state index in [2.05, 4.69) is 4.74 Å². The van der Waals surface area contributed by atoms with E-state index in [0.29, 0.717) is 0 Å². The first kappa shape index (κ1) is 11.7. The van der Waals surface area contributed by atoms with Gasteiger partial charge in [0.25, 0.3) is 0 Å². The molecule has 0 aromatic rings. The van der Waals surface area contributed by atoms with Gasteiger partial charge < -0.3 is 15.6 Å². The largest absolute Gasteiger partial charge is 0.411 e. The number of hydrogen-bond acceptors (Lipinski definition) is 3. The van der Waals surface area contributed by atoms with Gasteiger partial charge in [-0.05, 0) is 6.92 Å². The maximum Gasteiger partial charge on any atom is 0.411 e. The Labute approximate surface area is 68.3 Å². The fourth-order valence-corrected chi connectivity index (χ4v) is 0.446. The first-order valence-electron chi connectivity index (χ1n) is 3.31. The van der Waals surface area contributed by atoms with Gasteiger partial charge in [0, 0.05) is 0 Å². The monoisotopic (exact) mass is 187 g/mol.